The van der Waals surface area contributed by atoms with E-state index >= 15 is 0 Å². The second kappa shape index (κ2) is 10.5. The van der Waals surface area contributed by atoms with E-state index in [-0.39, 0.29) is 44.0 Å². The van der Waals surface area contributed by atoms with E-state index < -0.39 is 53.1 Å². The number of piperidine rings is 1. The van der Waals surface area contributed by atoms with E-state index in [1.165, 1.54) is 34.9 Å². The number of rotatable bonds is 4. The number of benzene rings is 2. The van der Waals surface area contributed by atoms with Crippen LogP contribution in [0.25, 0.3) is 0 Å². The van der Waals surface area contributed by atoms with E-state index in [1.54, 1.807) is 12.1 Å². The summed E-state index contributed by atoms with van der Waals surface area (Å²) in [5, 5.41) is 10.2. The molecular formula is C26H25Cl2F6N3O3. The molecule has 2 aromatic carbocycles. The summed E-state index contributed by atoms with van der Waals surface area (Å²) < 4.78 is 81.0. The van der Waals surface area contributed by atoms with Gasteiger partial charge in [0, 0.05) is 49.2 Å². The maximum absolute atomic E-state index is 13.7. The van der Waals surface area contributed by atoms with E-state index in [1.807, 2.05) is 0 Å². The summed E-state index contributed by atoms with van der Waals surface area (Å²) in [7, 11) is 2.82. The van der Waals surface area contributed by atoms with Crippen molar-refractivity contribution in [1.82, 2.24) is 14.7 Å². The molecular weight excluding hydrogens is 587 g/mol. The zero-order valence-corrected chi connectivity index (χ0v) is 22.8. The molecule has 1 aliphatic carbocycles. The molecule has 0 radical (unpaired) electrons. The lowest BCUT2D eigenvalue weighted by Gasteiger charge is -2.44. The Morgan fingerprint density at radius 3 is 1.90 bits per heavy atom. The standard InChI is InChI=1S/C26H25Cl2F6N3O3/c1-35(21-3-6-37(23(39)40)13-20(21)14-7-18(27)12-19(28)8-14)22(38)36(2)24(4-5-24)15-9-16(25(29,30)31)11-17(10-15)26(32,33)34/h7-12,20-21H,3-6,13H2,1-2H3,(H,39,40). The number of hydrogen-bond acceptors (Lipinski definition) is 2. The summed E-state index contributed by atoms with van der Waals surface area (Å²) in [6.07, 6.45) is -10.6. The van der Waals surface area contributed by atoms with Crippen molar-refractivity contribution in [3.8, 4) is 0 Å². The monoisotopic (exact) mass is 611 g/mol. The Balaban J connectivity index is 1.67. The molecule has 2 unspecified atom stereocenters. The predicted molar refractivity (Wildman–Crippen MR) is 135 cm³/mol. The number of carboxylic acid groups (broad SMARTS) is 1. The van der Waals surface area contributed by atoms with Gasteiger partial charge in [-0.2, -0.15) is 26.3 Å². The molecule has 1 saturated carbocycles. The lowest BCUT2D eigenvalue weighted by Crippen LogP contribution is -2.55. The van der Waals surface area contributed by atoms with Crippen LogP contribution < -0.4 is 0 Å². The Bertz CT molecular complexity index is 1260. The summed E-state index contributed by atoms with van der Waals surface area (Å²) in [5.74, 6) is -0.552. The quantitative estimate of drug-likeness (QED) is 0.363. The van der Waals surface area contributed by atoms with Crippen LogP contribution in [0.15, 0.2) is 36.4 Å². The zero-order valence-electron chi connectivity index (χ0n) is 21.3. The third kappa shape index (κ3) is 5.93. The molecule has 0 aromatic heterocycles. The average molecular weight is 612 g/mol. The van der Waals surface area contributed by atoms with Crippen LogP contribution in [0.1, 0.15) is 47.4 Å². The summed E-state index contributed by atoms with van der Waals surface area (Å²) in [5.41, 5.74) is -3.92. The van der Waals surface area contributed by atoms with Gasteiger partial charge in [-0.3, -0.25) is 0 Å². The van der Waals surface area contributed by atoms with Crippen LogP contribution in [0.2, 0.25) is 10.0 Å². The van der Waals surface area contributed by atoms with Crippen LogP contribution in [-0.2, 0) is 17.9 Å². The van der Waals surface area contributed by atoms with Crippen molar-refractivity contribution in [1.29, 1.82) is 0 Å². The first kappa shape index (κ1) is 30.1. The van der Waals surface area contributed by atoms with Crippen LogP contribution >= 0.6 is 23.2 Å². The van der Waals surface area contributed by atoms with Gasteiger partial charge in [0.05, 0.1) is 16.7 Å². The highest BCUT2D eigenvalue weighted by atomic mass is 35.5. The van der Waals surface area contributed by atoms with Crippen LogP contribution in [0.3, 0.4) is 0 Å². The van der Waals surface area contributed by atoms with Gasteiger partial charge in [-0.15, -0.1) is 0 Å². The van der Waals surface area contributed by atoms with Gasteiger partial charge in [0.25, 0.3) is 0 Å². The predicted octanol–water partition coefficient (Wildman–Crippen LogP) is 7.54. The van der Waals surface area contributed by atoms with E-state index in [0.717, 1.165) is 0 Å². The van der Waals surface area contributed by atoms with Crippen molar-refractivity contribution in [2.75, 3.05) is 27.2 Å². The SMILES string of the molecule is CN(C(=O)N(C)C1(c2cc(C(F)(F)F)cc(C(F)(F)F)c2)CC1)C1CCN(C(=O)O)CC1c1cc(Cl)cc(Cl)c1. The minimum Gasteiger partial charge on any atom is -0.465 e. The van der Waals surface area contributed by atoms with Crippen molar-refractivity contribution in [2.24, 2.45) is 0 Å². The van der Waals surface area contributed by atoms with Gasteiger partial charge in [0.1, 0.15) is 0 Å². The van der Waals surface area contributed by atoms with Crippen molar-refractivity contribution < 1.29 is 41.0 Å². The van der Waals surface area contributed by atoms with Crippen molar-refractivity contribution >= 4 is 35.3 Å². The van der Waals surface area contributed by atoms with Gasteiger partial charge in [-0.25, -0.2) is 9.59 Å². The Labute approximate surface area is 236 Å². The topological polar surface area (TPSA) is 64.1 Å². The van der Waals surface area contributed by atoms with Gasteiger partial charge in [-0.1, -0.05) is 23.2 Å². The number of alkyl halides is 6. The Morgan fingerprint density at radius 1 is 0.925 bits per heavy atom. The number of hydrogen-bond donors (Lipinski definition) is 1. The summed E-state index contributed by atoms with van der Waals surface area (Å²) in [6.45, 7) is 0.131. The second-order valence-corrected chi connectivity index (χ2v) is 11.0. The smallest absolute Gasteiger partial charge is 0.416 e. The summed E-state index contributed by atoms with van der Waals surface area (Å²) >= 11 is 12.3. The normalized spacial score (nSPS) is 20.7. The fourth-order valence-electron chi connectivity index (χ4n) is 5.42. The molecule has 40 heavy (non-hydrogen) atoms. The fourth-order valence-corrected chi connectivity index (χ4v) is 5.96. The molecule has 0 bridgehead atoms. The lowest BCUT2D eigenvalue weighted by atomic mass is 9.85. The van der Waals surface area contributed by atoms with Gasteiger partial charge in [0.15, 0.2) is 0 Å². The number of carbonyl (C=O) groups excluding carboxylic acids is 1. The van der Waals surface area contributed by atoms with Crippen molar-refractivity contribution in [2.45, 2.75) is 49.1 Å². The molecule has 2 aromatic rings. The maximum atomic E-state index is 13.7. The molecule has 218 valence electrons. The van der Waals surface area contributed by atoms with E-state index in [0.29, 0.717) is 27.7 Å². The molecule has 1 saturated heterocycles. The van der Waals surface area contributed by atoms with E-state index in [9.17, 15) is 41.0 Å². The highest BCUT2D eigenvalue weighted by molar-refractivity contribution is 6.34. The first-order valence-electron chi connectivity index (χ1n) is 12.2. The maximum Gasteiger partial charge on any atom is 0.416 e. The Hall–Kier alpha value is -2.86. The number of amides is 3. The van der Waals surface area contributed by atoms with Gasteiger partial charge in [-0.05, 0) is 66.8 Å². The number of likely N-dealkylation sites (N-methyl/N-ethyl adjacent to an activating group) is 1. The summed E-state index contributed by atoms with van der Waals surface area (Å²) in [6, 6.07) is 4.92. The second-order valence-electron chi connectivity index (χ2n) is 10.2. The number of carbonyl (C=O) groups is 2. The molecule has 2 atom stereocenters. The molecule has 6 nitrogen and oxygen atoms in total. The van der Waals surface area contributed by atoms with Crippen molar-refractivity contribution in [3.05, 3.63) is 68.7 Å². The van der Waals surface area contributed by atoms with Crippen LogP contribution in [0, 0.1) is 0 Å². The van der Waals surface area contributed by atoms with E-state index in [2.05, 4.69) is 0 Å². The molecule has 2 fully saturated rings. The largest absolute Gasteiger partial charge is 0.465 e. The molecule has 3 amide bonds. The third-order valence-electron chi connectivity index (χ3n) is 7.74. The van der Waals surface area contributed by atoms with Gasteiger partial charge in [0.2, 0.25) is 0 Å². The van der Waals surface area contributed by atoms with E-state index in [4.69, 9.17) is 23.2 Å². The lowest BCUT2D eigenvalue weighted by molar-refractivity contribution is -0.143. The fraction of sp³-hybridized carbons (Fsp3) is 0.462. The average Bonchev–Trinajstić information content (AvgIpc) is 3.67. The molecule has 14 heteroatoms. The number of likely N-dealkylation sites (tertiary alicyclic amines) is 1. The van der Waals surface area contributed by atoms with Crippen LogP contribution in [-0.4, -0.2) is 65.2 Å². The van der Waals surface area contributed by atoms with Crippen molar-refractivity contribution in [3.63, 3.8) is 0 Å². The van der Waals surface area contributed by atoms with Crippen LogP contribution in [0.5, 0.6) is 0 Å². The highest BCUT2D eigenvalue weighted by Crippen LogP contribution is 2.53. The molecule has 0 spiro atoms. The Kier molecular flexibility index (Phi) is 7.92. The van der Waals surface area contributed by atoms with Gasteiger partial charge < -0.3 is 19.8 Å². The molecule has 1 heterocycles. The summed E-state index contributed by atoms with van der Waals surface area (Å²) in [4.78, 5) is 29.1. The minimum atomic E-state index is -5.02. The first-order valence-corrected chi connectivity index (χ1v) is 12.9. The highest BCUT2D eigenvalue weighted by Gasteiger charge is 2.53. The third-order valence-corrected chi connectivity index (χ3v) is 8.17. The number of halogens is 8. The molecule has 4 rings (SSSR count). The molecule has 2 aliphatic rings. The van der Waals surface area contributed by atoms with Gasteiger partial charge >= 0.3 is 24.5 Å². The first-order chi connectivity index (χ1) is 18.4. The molecule has 1 N–H and O–H groups in total. The zero-order chi connectivity index (χ0) is 29.8. The number of urea groups is 1. The minimum absolute atomic E-state index is 0.0196. The molecule has 1 aliphatic heterocycles. The Morgan fingerprint density at radius 2 is 1.45 bits per heavy atom. The number of nitrogens with zero attached hydrogens (tertiary/aromatic N) is 3. The van der Waals surface area contributed by atoms with Crippen LogP contribution in [0.4, 0.5) is 35.9 Å².